The van der Waals surface area contributed by atoms with E-state index in [1.807, 2.05) is 13.0 Å². The Morgan fingerprint density at radius 1 is 1.62 bits per heavy atom. The summed E-state index contributed by atoms with van der Waals surface area (Å²) in [5, 5.41) is 3.15. The summed E-state index contributed by atoms with van der Waals surface area (Å²) < 4.78 is 5.21. The van der Waals surface area contributed by atoms with E-state index < -0.39 is 0 Å². The van der Waals surface area contributed by atoms with Crippen molar-refractivity contribution in [3.05, 3.63) is 23.7 Å². The van der Waals surface area contributed by atoms with Crippen LogP contribution in [0.4, 0.5) is 0 Å². The van der Waals surface area contributed by atoms with E-state index >= 15 is 0 Å². The summed E-state index contributed by atoms with van der Waals surface area (Å²) >= 11 is 0. The maximum absolute atomic E-state index is 11.4. The molecule has 1 heterocycles. The fourth-order valence-corrected chi connectivity index (χ4v) is 1.20. The SMILES string of the molecule is Cc1ccc(C(=O)CNC2CC2)o1. The third-order valence-corrected chi connectivity index (χ3v) is 2.14. The van der Waals surface area contributed by atoms with E-state index in [4.69, 9.17) is 4.42 Å². The summed E-state index contributed by atoms with van der Waals surface area (Å²) in [6.45, 7) is 2.24. The summed E-state index contributed by atoms with van der Waals surface area (Å²) in [7, 11) is 0. The van der Waals surface area contributed by atoms with Crippen molar-refractivity contribution in [3.8, 4) is 0 Å². The molecule has 0 atom stereocenters. The molecule has 13 heavy (non-hydrogen) atoms. The highest BCUT2D eigenvalue weighted by Crippen LogP contribution is 2.18. The second-order valence-corrected chi connectivity index (χ2v) is 3.49. The highest BCUT2D eigenvalue weighted by atomic mass is 16.3. The zero-order valence-electron chi connectivity index (χ0n) is 7.67. The summed E-state index contributed by atoms with van der Waals surface area (Å²) in [5.74, 6) is 1.29. The van der Waals surface area contributed by atoms with Crippen molar-refractivity contribution < 1.29 is 9.21 Å². The van der Waals surface area contributed by atoms with Crippen LogP contribution in [0, 0.1) is 6.92 Å². The number of furan rings is 1. The molecule has 1 N–H and O–H groups in total. The lowest BCUT2D eigenvalue weighted by molar-refractivity contribution is 0.0963. The van der Waals surface area contributed by atoms with Crippen molar-refractivity contribution in [2.75, 3.05) is 6.54 Å². The van der Waals surface area contributed by atoms with Crippen molar-refractivity contribution in [1.29, 1.82) is 0 Å². The van der Waals surface area contributed by atoms with Gasteiger partial charge in [0.15, 0.2) is 5.76 Å². The van der Waals surface area contributed by atoms with Crippen molar-refractivity contribution in [2.24, 2.45) is 0 Å². The summed E-state index contributed by atoms with van der Waals surface area (Å²) in [4.78, 5) is 11.4. The first-order valence-corrected chi connectivity index (χ1v) is 4.59. The highest BCUT2D eigenvalue weighted by Gasteiger charge is 2.22. The van der Waals surface area contributed by atoms with Crippen LogP contribution < -0.4 is 5.32 Å². The molecular formula is C10H13NO2. The smallest absolute Gasteiger partial charge is 0.211 e. The van der Waals surface area contributed by atoms with Gasteiger partial charge in [-0.25, -0.2) is 0 Å². The van der Waals surface area contributed by atoms with Gasteiger partial charge in [0, 0.05) is 6.04 Å². The average Bonchev–Trinajstić information content (AvgIpc) is 2.84. The molecule has 1 aliphatic carbocycles. The molecule has 0 unspecified atom stereocenters. The minimum Gasteiger partial charge on any atom is -0.458 e. The minimum absolute atomic E-state index is 0.0417. The van der Waals surface area contributed by atoms with Crippen LogP contribution >= 0.6 is 0 Å². The Bertz CT molecular complexity index is 312. The fourth-order valence-electron chi connectivity index (χ4n) is 1.20. The second-order valence-electron chi connectivity index (χ2n) is 3.49. The zero-order valence-corrected chi connectivity index (χ0v) is 7.67. The van der Waals surface area contributed by atoms with Gasteiger partial charge in [-0.1, -0.05) is 0 Å². The van der Waals surface area contributed by atoms with Crippen LogP contribution in [0.1, 0.15) is 29.2 Å². The lowest BCUT2D eigenvalue weighted by Crippen LogP contribution is -2.24. The Morgan fingerprint density at radius 2 is 2.38 bits per heavy atom. The van der Waals surface area contributed by atoms with Gasteiger partial charge in [0.1, 0.15) is 5.76 Å². The first kappa shape index (κ1) is 8.51. The average molecular weight is 179 g/mol. The van der Waals surface area contributed by atoms with Gasteiger partial charge in [0.05, 0.1) is 6.54 Å². The van der Waals surface area contributed by atoms with Crippen LogP contribution in [-0.2, 0) is 0 Å². The number of ketones is 1. The molecular weight excluding hydrogens is 166 g/mol. The number of carbonyl (C=O) groups excluding carboxylic acids is 1. The Hall–Kier alpha value is -1.09. The number of nitrogens with one attached hydrogen (secondary N) is 1. The predicted octanol–water partition coefficient (Wildman–Crippen LogP) is 1.52. The second kappa shape index (κ2) is 3.34. The molecule has 2 rings (SSSR count). The van der Waals surface area contributed by atoms with Crippen molar-refractivity contribution in [2.45, 2.75) is 25.8 Å². The van der Waals surface area contributed by atoms with Gasteiger partial charge in [-0.2, -0.15) is 0 Å². The number of hydrogen-bond donors (Lipinski definition) is 1. The van der Waals surface area contributed by atoms with Crippen molar-refractivity contribution in [3.63, 3.8) is 0 Å². The number of aryl methyl sites for hydroxylation is 1. The van der Waals surface area contributed by atoms with Crippen LogP contribution in [0.2, 0.25) is 0 Å². The van der Waals surface area contributed by atoms with Gasteiger partial charge in [-0.15, -0.1) is 0 Å². The van der Waals surface area contributed by atoms with E-state index in [-0.39, 0.29) is 5.78 Å². The highest BCUT2D eigenvalue weighted by molar-refractivity contribution is 5.95. The molecule has 0 aromatic carbocycles. The van der Waals surface area contributed by atoms with Gasteiger partial charge >= 0.3 is 0 Å². The Balaban J connectivity index is 1.88. The van der Waals surface area contributed by atoms with Crippen molar-refractivity contribution >= 4 is 5.78 Å². The summed E-state index contributed by atoms with van der Waals surface area (Å²) in [6.07, 6.45) is 2.40. The summed E-state index contributed by atoms with van der Waals surface area (Å²) in [5.41, 5.74) is 0. The molecule has 1 aromatic heterocycles. The molecule has 1 saturated carbocycles. The number of carbonyl (C=O) groups is 1. The number of rotatable bonds is 4. The maximum Gasteiger partial charge on any atom is 0.211 e. The van der Waals surface area contributed by atoms with E-state index in [9.17, 15) is 4.79 Å². The van der Waals surface area contributed by atoms with Gasteiger partial charge in [0.25, 0.3) is 0 Å². The van der Waals surface area contributed by atoms with E-state index in [0.29, 0.717) is 18.3 Å². The van der Waals surface area contributed by atoms with Crippen LogP contribution in [0.3, 0.4) is 0 Å². The number of Topliss-reactive ketones (excluding diaryl/α,β-unsaturated/α-hetero) is 1. The maximum atomic E-state index is 11.4. The third-order valence-electron chi connectivity index (χ3n) is 2.14. The molecule has 1 aliphatic rings. The molecule has 0 spiro atoms. The van der Waals surface area contributed by atoms with Crippen LogP contribution in [-0.4, -0.2) is 18.4 Å². The lowest BCUT2D eigenvalue weighted by atomic mass is 10.3. The largest absolute Gasteiger partial charge is 0.458 e. The van der Waals surface area contributed by atoms with E-state index in [2.05, 4.69) is 5.32 Å². The van der Waals surface area contributed by atoms with E-state index in [0.717, 1.165) is 5.76 Å². The predicted molar refractivity (Wildman–Crippen MR) is 48.8 cm³/mol. The Morgan fingerprint density at radius 3 is 2.92 bits per heavy atom. The quantitative estimate of drug-likeness (QED) is 0.712. The normalized spacial score (nSPS) is 16.1. The van der Waals surface area contributed by atoms with E-state index in [1.54, 1.807) is 6.07 Å². The molecule has 70 valence electrons. The molecule has 0 saturated heterocycles. The lowest BCUT2D eigenvalue weighted by Gasteiger charge is -1.98. The molecule has 3 nitrogen and oxygen atoms in total. The first-order chi connectivity index (χ1) is 6.25. The standard InChI is InChI=1S/C10H13NO2/c1-7-2-5-10(13-7)9(12)6-11-8-3-4-8/h2,5,8,11H,3-4,6H2,1H3. The molecule has 0 bridgehead atoms. The molecule has 1 fully saturated rings. The third kappa shape index (κ3) is 2.18. The van der Waals surface area contributed by atoms with E-state index in [1.165, 1.54) is 12.8 Å². The minimum atomic E-state index is 0.0417. The Labute approximate surface area is 77.1 Å². The number of hydrogen-bond acceptors (Lipinski definition) is 3. The monoisotopic (exact) mass is 179 g/mol. The topological polar surface area (TPSA) is 42.2 Å². The van der Waals surface area contributed by atoms with Gasteiger partial charge in [-0.05, 0) is 31.9 Å². The molecule has 0 aliphatic heterocycles. The molecule has 1 aromatic rings. The molecule has 3 heteroatoms. The van der Waals surface area contributed by atoms with Gasteiger partial charge in [0.2, 0.25) is 5.78 Å². The van der Waals surface area contributed by atoms with Gasteiger partial charge in [-0.3, -0.25) is 4.79 Å². The first-order valence-electron chi connectivity index (χ1n) is 4.59. The summed E-state index contributed by atoms with van der Waals surface area (Å²) in [6, 6.07) is 4.11. The van der Waals surface area contributed by atoms with Crippen molar-refractivity contribution in [1.82, 2.24) is 5.32 Å². The Kier molecular flexibility index (Phi) is 2.19. The fraction of sp³-hybridized carbons (Fsp3) is 0.500. The van der Waals surface area contributed by atoms with Crippen LogP contribution in [0.25, 0.3) is 0 Å². The molecule has 0 radical (unpaired) electrons. The van der Waals surface area contributed by atoms with Gasteiger partial charge < -0.3 is 9.73 Å². The molecule has 0 amide bonds. The van der Waals surface area contributed by atoms with Crippen LogP contribution in [0.5, 0.6) is 0 Å². The zero-order chi connectivity index (χ0) is 9.26. The van der Waals surface area contributed by atoms with Crippen LogP contribution in [0.15, 0.2) is 16.5 Å².